The Labute approximate surface area is 156 Å². The molecule has 1 aliphatic heterocycles. The number of piperidine rings is 1. The van der Waals surface area contributed by atoms with Gasteiger partial charge in [-0.05, 0) is 64.5 Å². The van der Waals surface area contributed by atoms with Crippen LogP contribution in [0.3, 0.4) is 0 Å². The molecule has 25 heavy (non-hydrogen) atoms. The molecule has 0 aromatic heterocycles. The lowest BCUT2D eigenvalue weighted by molar-refractivity contribution is 0.137. The minimum Gasteiger partial charge on any atom is -0.301 e. The Hall–Kier alpha value is -0.170. The normalized spacial score (nSPS) is 18.4. The number of nitrogens with zero attached hydrogens (tertiary/aromatic N) is 3. The van der Waals surface area contributed by atoms with Gasteiger partial charge >= 0.3 is 0 Å². The molecule has 150 valence electrons. The number of rotatable bonds is 10. The van der Waals surface area contributed by atoms with Crippen molar-refractivity contribution in [1.29, 1.82) is 0 Å². The summed E-state index contributed by atoms with van der Waals surface area (Å²) in [5.41, 5.74) is 0. The zero-order valence-electron chi connectivity index (χ0n) is 17.5. The number of hydrogen-bond donors (Lipinski definition) is 0. The topological polar surface area (TPSA) is 43.9 Å². The van der Waals surface area contributed by atoms with Gasteiger partial charge in [0.15, 0.2) is 0 Å². The monoisotopic (exact) mass is 375 g/mol. The van der Waals surface area contributed by atoms with Crippen molar-refractivity contribution in [3.8, 4) is 0 Å². The Morgan fingerprint density at radius 3 is 1.72 bits per heavy atom. The molecule has 0 bridgehead atoms. The van der Waals surface area contributed by atoms with Crippen LogP contribution < -0.4 is 0 Å². The molecular weight excluding hydrogens is 334 g/mol. The van der Waals surface area contributed by atoms with E-state index < -0.39 is 10.2 Å². The van der Waals surface area contributed by atoms with Gasteiger partial charge in [-0.15, -0.1) is 0 Å². The van der Waals surface area contributed by atoms with Gasteiger partial charge in [-0.25, -0.2) is 0 Å². The first-order chi connectivity index (χ1) is 11.6. The van der Waals surface area contributed by atoms with Crippen LogP contribution in [-0.2, 0) is 10.2 Å². The molecule has 0 spiro atoms. The summed E-state index contributed by atoms with van der Waals surface area (Å²) >= 11 is 0. The van der Waals surface area contributed by atoms with Crippen LogP contribution in [0, 0.1) is 11.8 Å². The number of likely N-dealkylation sites (tertiary alicyclic amines) is 1. The van der Waals surface area contributed by atoms with Crippen molar-refractivity contribution in [2.45, 2.75) is 79.3 Å². The molecule has 0 radical (unpaired) electrons. The van der Waals surface area contributed by atoms with E-state index in [0.29, 0.717) is 31.0 Å². The van der Waals surface area contributed by atoms with Gasteiger partial charge in [0.2, 0.25) is 0 Å². The zero-order valence-corrected chi connectivity index (χ0v) is 18.3. The summed E-state index contributed by atoms with van der Waals surface area (Å²) in [5, 5.41) is 0. The minimum atomic E-state index is -3.38. The van der Waals surface area contributed by atoms with Gasteiger partial charge in [-0.2, -0.15) is 17.0 Å². The predicted molar refractivity (Wildman–Crippen MR) is 107 cm³/mol. The first kappa shape index (κ1) is 22.9. The Bertz CT molecular complexity index is 457. The summed E-state index contributed by atoms with van der Waals surface area (Å²) in [6.07, 6.45) is 3.68. The van der Waals surface area contributed by atoms with E-state index >= 15 is 0 Å². The maximum atomic E-state index is 13.2. The molecule has 5 nitrogen and oxygen atoms in total. The molecule has 1 saturated heterocycles. The van der Waals surface area contributed by atoms with Crippen LogP contribution in [0.25, 0.3) is 0 Å². The maximum Gasteiger partial charge on any atom is 0.281 e. The van der Waals surface area contributed by atoms with E-state index in [2.05, 4.69) is 46.4 Å². The van der Waals surface area contributed by atoms with Gasteiger partial charge in [-0.1, -0.05) is 27.7 Å². The molecule has 0 unspecified atom stereocenters. The third kappa shape index (κ3) is 7.16. The Morgan fingerprint density at radius 2 is 1.36 bits per heavy atom. The van der Waals surface area contributed by atoms with Crippen molar-refractivity contribution >= 4 is 10.2 Å². The van der Waals surface area contributed by atoms with Crippen molar-refractivity contribution in [3.05, 3.63) is 0 Å². The van der Waals surface area contributed by atoms with Crippen molar-refractivity contribution in [2.75, 3.05) is 33.2 Å². The standard InChI is InChI=1S/C19H41N3O2S/c1-16(2)8-14-22(15-9-17(3)4)25(23,24)20(7)19-10-12-21(13-11-19)18(5)6/h16-19H,8-15H2,1-7H3. The zero-order chi connectivity index (χ0) is 19.2. The van der Waals surface area contributed by atoms with Crippen LogP contribution in [-0.4, -0.2) is 67.2 Å². The fourth-order valence-corrected chi connectivity index (χ4v) is 4.91. The van der Waals surface area contributed by atoms with Crippen molar-refractivity contribution < 1.29 is 8.42 Å². The van der Waals surface area contributed by atoms with Crippen molar-refractivity contribution in [2.24, 2.45) is 11.8 Å². The molecule has 1 aliphatic rings. The molecule has 1 fully saturated rings. The summed E-state index contributed by atoms with van der Waals surface area (Å²) in [6, 6.07) is 0.664. The van der Waals surface area contributed by atoms with Gasteiger partial charge in [0.25, 0.3) is 10.2 Å². The highest BCUT2D eigenvalue weighted by Crippen LogP contribution is 2.22. The van der Waals surface area contributed by atoms with E-state index in [4.69, 9.17) is 0 Å². The lowest BCUT2D eigenvalue weighted by atomic mass is 10.0. The first-order valence-corrected chi connectivity index (χ1v) is 11.4. The molecule has 1 heterocycles. The first-order valence-electron chi connectivity index (χ1n) is 10.0. The average molecular weight is 376 g/mol. The van der Waals surface area contributed by atoms with E-state index in [1.165, 1.54) is 0 Å². The van der Waals surface area contributed by atoms with Crippen LogP contribution in [0.4, 0.5) is 0 Å². The van der Waals surface area contributed by atoms with Crippen molar-refractivity contribution in [1.82, 2.24) is 13.5 Å². The van der Waals surface area contributed by atoms with Crippen LogP contribution >= 0.6 is 0 Å². The third-order valence-electron chi connectivity index (χ3n) is 5.35. The molecule has 0 amide bonds. The van der Waals surface area contributed by atoms with Gasteiger partial charge in [0, 0.05) is 32.2 Å². The highest BCUT2D eigenvalue weighted by molar-refractivity contribution is 7.86. The van der Waals surface area contributed by atoms with Gasteiger partial charge in [-0.3, -0.25) is 0 Å². The second-order valence-corrected chi connectivity index (χ2v) is 10.6. The Morgan fingerprint density at radius 1 is 0.920 bits per heavy atom. The summed E-state index contributed by atoms with van der Waals surface area (Å²) < 4.78 is 29.8. The Balaban J connectivity index is 2.77. The molecule has 0 aromatic rings. The van der Waals surface area contributed by atoms with E-state index in [-0.39, 0.29) is 6.04 Å². The highest BCUT2D eigenvalue weighted by atomic mass is 32.2. The molecular formula is C19H41N3O2S. The lowest BCUT2D eigenvalue weighted by Gasteiger charge is -2.39. The maximum absolute atomic E-state index is 13.2. The van der Waals surface area contributed by atoms with E-state index in [0.717, 1.165) is 38.8 Å². The smallest absolute Gasteiger partial charge is 0.281 e. The van der Waals surface area contributed by atoms with Crippen LogP contribution in [0.2, 0.25) is 0 Å². The SMILES string of the molecule is CC(C)CCN(CCC(C)C)S(=O)(=O)N(C)C1CCN(C(C)C)CC1. The van der Waals surface area contributed by atoms with Gasteiger partial charge < -0.3 is 4.90 Å². The summed E-state index contributed by atoms with van der Waals surface area (Å²) in [7, 11) is -1.60. The molecule has 0 saturated carbocycles. The van der Waals surface area contributed by atoms with Crippen LogP contribution in [0.1, 0.15) is 67.2 Å². The highest BCUT2D eigenvalue weighted by Gasteiger charge is 2.34. The predicted octanol–water partition coefficient (Wildman–Crippen LogP) is 3.43. The largest absolute Gasteiger partial charge is 0.301 e. The van der Waals surface area contributed by atoms with Gasteiger partial charge in [0.05, 0.1) is 0 Å². The molecule has 0 aliphatic carbocycles. The van der Waals surface area contributed by atoms with Gasteiger partial charge in [0.1, 0.15) is 0 Å². The molecule has 0 N–H and O–H groups in total. The fourth-order valence-electron chi connectivity index (χ4n) is 3.28. The molecule has 6 heteroatoms. The molecule has 0 aromatic carbocycles. The van der Waals surface area contributed by atoms with Crippen LogP contribution in [0.15, 0.2) is 0 Å². The van der Waals surface area contributed by atoms with E-state index in [1.54, 1.807) is 15.7 Å². The second-order valence-electron chi connectivity index (χ2n) is 8.65. The second kappa shape index (κ2) is 10.2. The fraction of sp³-hybridized carbons (Fsp3) is 1.00. The van der Waals surface area contributed by atoms with E-state index in [1.807, 2.05) is 0 Å². The van der Waals surface area contributed by atoms with E-state index in [9.17, 15) is 8.42 Å². The van der Waals surface area contributed by atoms with Crippen LogP contribution in [0.5, 0.6) is 0 Å². The summed E-state index contributed by atoms with van der Waals surface area (Å²) in [4.78, 5) is 2.44. The average Bonchev–Trinajstić information content (AvgIpc) is 2.53. The Kier molecular flexibility index (Phi) is 9.37. The quantitative estimate of drug-likeness (QED) is 0.587. The minimum absolute atomic E-state index is 0.126. The summed E-state index contributed by atoms with van der Waals surface area (Å²) in [6.45, 7) is 16.2. The number of hydrogen-bond acceptors (Lipinski definition) is 3. The lowest BCUT2D eigenvalue weighted by Crippen LogP contribution is -2.51. The third-order valence-corrected chi connectivity index (χ3v) is 7.39. The molecule has 0 atom stereocenters. The molecule has 1 rings (SSSR count). The van der Waals surface area contributed by atoms with Crippen molar-refractivity contribution in [3.63, 3.8) is 0 Å². The summed E-state index contributed by atoms with van der Waals surface area (Å²) in [5.74, 6) is 1.02.